The van der Waals surface area contributed by atoms with Gasteiger partial charge in [-0.2, -0.15) is 13.2 Å². The van der Waals surface area contributed by atoms with E-state index in [-0.39, 0.29) is 0 Å². The van der Waals surface area contributed by atoms with Crippen molar-refractivity contribution in [1.82, 2.24) is 15.4 Å². The van der Waals surface area contributed by atoms with Crippen LogP contribution in [0.3, 0.4) is 0 Å². The number of nitrogens with zero attached hydrogens (tertiary/aromatic N) is 2. The lowest BCUT2D eigenvalue weighted by molar-refractivity contribution is -0.143. The molecule has 1 aromatic rings. The minimum absolute atomic E-state index is 0.376. The normalized spacial score (nSPS) is 17.6. The summed E-state index contributed by atoms with van der Waals surface area (Å²) in [4.78, 5) is 13.4. The molecule has 1 N–H and O–H groups in total. The van der Waals surface area contributed by atoms with Crippen molar-refractivity contribution < 1.29 is 22.5 Å². The Labute approximate surface area is 101 Å². The second kappa shape index (κ2) is 4.97. The third-order valence-corrected chi connectivity index (χ3v) is 2.70. The molecule has 1 saturated heterocycles. The van der Waals surface area contributed by atoms with Gasteiger partial charge >= 0.3 is 6.18 Å². The summed E-state index contributed by atoms with van der Waals surface area (Å²) in [6.45, 7) is 2.12. The molecule has 1 amide bonds. The number of halogens is 3. The fourth-order valence-corrected chi connectivity index (χ4v) is 1.81. The van der Waals surface area contributed by atoms with E-state index in [9.17, 15) is 18.0 Å². The highest BCUT2D eigenvalue weighted by Crippen LogP contribution is 2.31. The van der Waals surface area contributed by atoms with Crippen molar-refractivity contribution in [3.8, 4) is 0 Å². The molecule has 8 heteroatoms. The molecule has 2 heterocycles. The van der Waals surface area contributed by atoms with Gasteiger partial charge in [0, 0.05) is 19.6 Å². The van der Waals surface area contributed by atoms with Crippen LogP contribution in [0, 0.1) is 0 Å². The van der Waals surface area contributed by atoms with Gasteiger partial charge in [0.05, 0.1) is 0 Å². The van der Waals surface area contributed by atoms with Gasteiger partial charge in [-0.1, -0.05) is 5.16 Å². The molecule has 0 aromatic carbocycles. The number of carbonyl (C=O) groups is 1. The largest absolute Gasteiger partial charge is 0.437 e. The second-order valence-corrected chi connectivity index (χ2v) is 3.97. The Balaban J connectivity index is 2.20. The Hall–Kier alpha value is -1.57. The molecule has 1 fully saturated rings. The molecule has 18 heavy (non-hydrogen) atoms. The molecule has 2 rings (SSSR count). The molecule has 1 aliphatic rings. The van der Waals surface area contributed by atoms with Crippen LogP contribution in [0.2, 0.25) is 0 Å². The highest BCUT2D eigenvalue weighted by atomic mass is 19.4. The number of aromatic nitrogens is 1. The van der Waals surface area contributed by atoms with Gasteiger partial charge in [-0.05, 0) is 13.0 Å². The van der Waals surface area contributed by atoms with Crippen molar-refractivity contribution in [2.45, 2.75) is 12.6 Å². The molecular formula is C10H12F3N3O2. The van der Waals surface area contributed by atoms with Crippen molar-refractivity contribution >= 4 is 5.91 Å². The van der Waals surface area contributed by atoms with E-state index >= 15 is 0 Å². The molecule has 0 radical (unpaired) electrons. The molecule has 0 spiro atoms. The van der Waals surface area contributed by atoms with Gasteiger partial charge in [-0.25, -0.2) is 0 Å². The lowest BCUT2D eigenvalue weighted by Gasteiger charge is -2.19. The van der Waals surface area contributed by atoms with Gasteiger partial charge < -0.3 is 14.7 Å². The van der Waals surface area contributed by atoms with Gasteiger partial charge in [-0.15, -0.1) is 0 Å². The van der Waals surface area contributed by atoms with Gasteiger partial charge in [0.2, 0.25) is 0 Å². The molecule has 1 aliphatic heterocycles. The summed E-state index contributed by atoms with van der Waals surface area (Å²) in [5, 5.41) is 5.93. The fourth-order valence-electron chi connectivity index (χ4n) is 1.81. The molecular weight excluding hydrogens is 251 g/mol. The zero-order chi connectivity index (χ0) is 13.2. The van der Waals surface area contributed by atoms with E-state index in [0.29, 0.717) is 26.1 Å². The summed E-state index contributed by atoms with van der Waals surface area (Å²) < 4.78 is 42.0. The van der Waals surface area contributed by atoms with E-state index in [2.05, 4.69) is 15.0 Å². The van der Waals surface area contributed by atoms with Gasteiger partial charge in [0.15, 0.2) is 5.69 Å². The van der Waals surface area contributed by atoms with E-state index in [4.69, 9.17) is 0 Å². The van der Waals surface area contributed by atoms with Crippen LogP contribution in [0.5, 0.6) is 0 Å². The van der Waals surface area contributed by atoms with E-state index in [1.165, 1.54) is 4.90 Å². The van der Waals surface area contributed by atoms with Crippen molar-refractivity contribution in [1.29, 1.82) is 0 Å². The first-order valence-corrected chi connectivity index (χ1v) is 5.51. The number of nitrogens with one attached hydrogen (secondary N) is 1. The van der Waals surface area contributed by atoms with Crippen molar-refractivity contribution in [3.05, 3.63) is 17.5 Å². The summed E-state index contributed by atoms with van der Waals surface area (Å²) in [6, 6.07) is 0. The molecule has 0 saturated carbocycles. The first-order chi connectivity index (χ1) is 8.50. The molecule has 0 unspecified atom stereocenters. The monoisotopic (exact) mass is 263 g/mol. The van der Waals surface area contributed by atoms with Crippen LogP contribution in [0.4, 0.5) is 13.2 Å². The third-order valence-electron chi connectivity index (χ3n) is 2.70. The lowest BCUT2D eigenvalue weighted by Crippen LogP contribution is -2.35. The topological polar surface area (TPSA) is 58.4 Å². The quantitative estimate of drug-likeness (QED) is 0.825. The third kappa shape index (κ3) is 2.63. The first-order valence-electron chi connectivity index (χ1n) is 5.51. The van der Waals surface area contributed by atoms with Crippen LogP contribution in [-0.4, -0.2) is 42.1 Å². The maximum absolute atomic E-state index is 12.6. The maximum atomic E-state index is 12.6. The van der Waals surface area contributed by atoms with Crippen molar-refractivity contribution in [2.24, 2.45) is 0 Å². The number of alkyl halides is 3. The van der Waals surface area contributed by atoms with Crippen LogP contribution >= 0.6 is 0 Å². The van der Waals surface area contributed by atoms with E-state index in [1.54, 1.807) is 0 Å². The highest BCUT2D eigenvalue weighted by molar-refractivity contribution is 5.95. The van der Waals surface area contributed by atoms with Gasteiger partial charge in [0.1, 0.15) is 11.8 Å². The van der Waals surface area contributed by atoms with Gasteiger partial charge in [-0.3, -0.25) is 4.79 Å². The summed E-state index contributed by atoms with van der Waals surface area (Å²) in [6.07, 6.45) is -3.22. The summed E-state index contributed by atoms with van der Waals surface area (Å²) in [7, 11) is 0. The molecule has 0 aliphatic carbocycles. The van der Waals surface area contributed by atoms with E-state index < -0.39 is 23.3 Å². The predicted octanol–water partition coefficient (Wildman–Crippen LogP) is 1.13. The highest BCUT2D eigenvalue weighted by Gasteiger charge is 2.40. The summed E-state index contributed by atoms with van der Waals surface area (Å²) >= 11 is 0. The Morgan fingerprint density at radius 2 is 2.17 bits per heavy atom. The second-order valence-electron chi connectivity index (χ2n) is 3.97. The molecule has 1 aromatic heterocycles. The number of amides is 1. The molecule has 5 nitrogen and oxygen atoms in total. The van der Waals surface area contributed by atoms with Crippen LogP contribution in [-0.2, 0) is 6.18 Å². The zero-order valence-corrected chi connectivity index (χ0v) is 9.46. The first kappa shape index (κ1) is 12.9. The lowest BCUT2D eigenvalue weighted by atomic mass is 10.2. The number of carbonyl (C=O) groups excluding carboxylic acids is 1. The Bertz CT molecular complexity index is 422. The minimum Gasteiger partial charge on any atom is -0.363 e. The smallest absolute Gasteiger partial charge is 0.363 e. The Morgan fingerprint density at radius 1 is 1.39 bits per heavy atom. The Morgan fingerprint density at radius 3 is 2.89 bits per heavy atom. The standard InChI is InChI=1S/C10H12F3N3O2/c11-10(12,13)8-7(6-18-15-8)9(17)16-4-1-2-14-3-5-16/h6,14H,1-5H2. The average molecular weight is 263 g/mol. The summed E-state index contributed by atoms with van der Waals surface area (Å²) in [5.41, 5.74) is -1.78. The van der Waals surface area contributed by atoms with E-state index in [1.807, 2.05) is 0 Å². The molecule has 0 atom stereocenters. The number of hydrogen-bond donors (Lipinski definition) is 1. The van der Waals surface area contributed by atoms with Crippen molar-refractivity contribution in [3.63, 3.8) is 0 Å². The van der Waals surface area contributed by atoms with Crippen LogP contribution < -0.4 is 5.32 Å². The fraction of sp³-hybridized carbons (Fsp3) is 0.600. The maximum Gasteiger partial charge on any atom is 0.437 e. The summed E-state index contributed by atoms with van der Waals surface area (Å²) in [5.74, 6) is -0.688. The van der Waals surface area contributed by atoms with Crippen LogP contribution in [0.15, 0.2) is 10.8 Å². The predicted molar refractivity (Wildman–Crippen MR) is 54.9 cm³/mol. The van der Waals surface area contributed by atoms with Crippen LogP contribution in [0.1, 0.15) is 22.5 Å². The Kier molecular flexibility index (Phi) is 3.55. The van der Waals surface area contributed by atoms with Crippen molar-refractivity contribution in [2.75, 3.05) is 26.2 Å². The minimum atomic E-state index is -4.68. The van der Waals surface area contributed by atoms with Gasteiger partial charge in [0.25, 0.3) is 5.91 Å². The average Bonchev–Trinajstić information content (AvgIpc) is 2.64. The number of rotatable bonds is 1. The molecule has 100 valence electrons. The zero-order valence-electron chi connectivity index (χ0n) is 9.46. The number of hydrogen-bond acceptors (Lipinski definition) is 4. The van der Waals surface area contributed by atoms with Crippen LogP contribution in [0.25, 0.3) is 0 Å². The van der Waals surface area contributed by atoms with E-state index in [0.717, 1.165) is 12.8 Å². The SMILES string of the molecule is O=C(c1conc1C(F)(F)F)N1CCCNCC1. The molecule has 0 bridgehead atoms.